The van der Waals surface area contributed by atoms with E-state index in [0.29, 0.717) is 0 Å². The van der Waals surface area contributed by atoms with E-state index in [9.17, 15) is 0 Å². The molecule has 0 saturated carbocycles. The van der Waals surface area contributed by atoms with Crippen LogP contribution >= 0.6 is 7.82 Å². The third-order valence-corrected chi connectivity index (χ3v) is 8.57. The van der Waals surface area contributed by atoms with Crippen LogP contribution in [0.4, 0.5) is 0 Å². The summed E-state index contributed by atoms with van der Waals surface area (Å²) in [7, 11) is -4.64. The number of hydrogen-bond donors (Lipinski definition) is 3. The first-order valence-electron chi connectivity index (χ1n) is 18.6. The van der Waals surface area contributed by atoms with E-state index in [1.807, 2.05) is 0 Å². The molecule has 0 aromatic rings. The Balaban J connectivity index is -0.00000244. The van der Waals surface area contributed by atoms with Crippen molar-refractivity contribution in [2.75, 3.05) is 13.2 Å². The van der Waals surface area contributed by atoms with Crippen molar-refractivity contribution in [2.45, 2.75) is 207 Å². The van der Waals surface area contributed by atoms with E-state index in [1.54, 1.807) is 0 Å². The van der Waals surface area contributed by atoms with Gasteiger partial charge in [0, 0.05) is 13.2 Å². The van der Waals surface area contributed by atoms with Gasteiger partial charge in [-0.3, -0.25) is 0 Å². The normalized spacial score (nSPS) is 11.6. The standard InChI is InChI=1S/C36H74O.K.H3O4P.H/c1-5-9-13-17-21-25-29-35(30-26-22-18-14-10-6-2)33-37-34-36(31-27-23-19-15-11-7-3)32-28-24-20-16-12-8-4;;1-5(2,3)4;/h35-36H,5-34H2,1-4H3;;(H3,1,2,3,4);. The summed E-state index contributed by atoms with van der Waals surface area (Å²) in [6, 6.07) is 0. The summed E-state index contributed by atoms with van der Waals surface area (Å²) in [5, 5.41) is 0. The molecule has 0 bridgehead atoms. The Morgan fingerprint density at radius 3 is 0.814 bits per heavy atom. The molecule has 0 aliphatic heterocycles. The van der Waals surface area contributed by atoms with Gasteiger partial charge >= 0.3 is 59.2 Å². The molecule has 258 valence electrons. The van der Waals surface area contributed by atoms with Gasteiger partial charge in [-0.2, -0.15) is 0 Å². The fourth-order valence-electron chi connectivity index (χ4n) is 5.88. The van der Waals surface area contributed by atoms with Crippen LogP contribution in [-0.4, -0.2) is 79.3 Å². The fraction of sp³-hybridized carbons (Fsp3) is 1.00. The summed E-state index contributed by atoms with van der Waals surface area (Å²) < 4.78 is 15.4. The molecule has 43 heavy (non-hydrogen) atoms. The molecule has 0 amide bonds. The van der Waals surface area contributed by atoms with Crippen molar-refractivity contribution in [3.05, 3.63) is 0 Å². The van der Waals surface area contributed by atoms with Gasteiger partial charge in [-0.15, -0.1) is 0 Å². The predicted molar refractivity (Wildman–Crippen MR) is 191 cm³/mol. The Morgan fingerprint density at radius 1 is 0.419 bits per heavy atom. The van der Waals surface area contributed by atoms with E-state index in [-0.39, 0.29) is 51.4 Å². The first-order chi connectivity index (χ1) is 20.3. The Bertz CT molecular complexity index is 469. The monoisotopic (exact) mass is 661 g/mol. The summed E-state index contributed by atoms with van der Waals surface area (Å²) in [6.07, 6.45) is 39.7. The second-order valence-electron chi connectivity index (χ2n) is 13.0. The molecule has 0 aromatic carbocycles. The predicted octanol–water partition coefficient (Wildman–Crippen LogP) is 11.7. The molecule has 5 nitrogen and oxygen atoms in total. The molecule has 0 unspecified atom stereocenters. The molecular formula is C36H78KO5P. The average molecular weight is 661 g/mol. The SMILES string of the molecule is CCCCCCCCC(CCCCCCCC)COCC(CCCCCCCC)CCCCCCCC.O=P(O)(O)O.[KH]. The first-order valence-corrected chi connectivity index (χ1v) is 20.2. The molecule has 0 atom stereocenters. The van der Waals surface area contributed by atoms with Crippen LogP contribution in [0.25, 0.3) is 0 Å². The molecule has 0 radical (unpaired) electrons. The zero-order chi connectivity index (χ0) is 31.6. The van der Waals surface area contributed by atoms with Gasteiger partial charge in [0.1, 0.15) is 0 Å². The van der Waals surface area contributed by atoms with E-state index in [1.165, 1.54) is 180 Å². The Labute approximate surface area is 312 Å². The molecular weight excluding hydrogens is 582 g/mol. The third kappa shape index (κ3) is 48.2. The first kappa shape index (κ1) is 49.1. The van der Waals surface area contributed by atoms with Crippen molar-refractivity contribution >= 4 is 59.2 Å². The van der Waals surface area contributed by atoms with Crippen LogP contribution in [-0.2, 0) is 9.30 Å². The van der Waals surface area contributed by atoms with Gasteiger partial charge in [-0.05, 0) is 37.5 Å². The molecule has 3 N–H and O–H groups in total. The van der Waals surface area contributed by atoms with Crippen LogP contribution in [0.3, 0.4) is 0 Å². The zero-order valence-corrected chi connectivity index (χ0v) is 29.9. The van der Waals surface area contributed by atoms with Crippen molar-refractivity contribution in [3.8, 4) is 0 Å². The second kappa shape index (κ2) is 39.9. The van der Waals surface area contributed by atoms with Crippen molar-refractivity contribution < 1.29 is 24.0 Å². The van der Waals surface area contributed by atoms with Gasteiger partial charge in [0.2, 0.25) is 0 Å². The number of unbranched alkanes of at least 4 members (excludes halogenated alkanes) is 20. The second-order valence-corrected chi connectivity index (χ2v) is 14.0. The summed E-state index contributed by atoms with van der Waals surface area (Å²) in [6.45, 7) is 11.3. The summed E-state index contributed by atoms with van der Waals surface area (Å²) >= 11 is 0. The van der Waals surface area contributed by atoms with E-state index < -0.39 is 7.82 Å². The molecule has 0 saturated heterocycles. The van der Waals surface area contributed by atoms with Crippen LogP contribution in [0.1, 0.15) is 207 Å². The van der Waals surface area contributed by atoms with Crippen LogP contribution in [0.2, 0.25) is 0 Å². The zero-order valence-electron chi connectivity index (χ0n) is 29.0. The van der Waals surface area contributed by atoms with Crippen molar-refractivity contribution in [1.82, 2.24) is 0 Å². The quantitative estimate of drug-likeness (QED) is 0.0380. The summed E-state index contributed by atoms with van der Waals surface area (Å²) in [5.74, 6) is 1.61. The van der Waals surface area contributed by atoms with Crippen molar-refractivity contribution in [2.24, 2.45) is 11.8 Å². The van der Waals surface area contributed by atoms with Gasteiger partial charge in [0.15, 0.2) is 0 Å². The van der Waals surface area contributed by atoms with Crippen LogP contribution in [0.5, 0.6) is 0 Å². The van der Waals surface area contributed by atoms with Gasteiger partial charge in [0.05, 0.1) is 0 Å². The number of phosphoric acid groups is 1. The average Bonchev–Trinajstić information content (AvgIpc) is 2.94. The van der Waals surface area contributed by atoms with Gasteiger partial charge in [-0.1, -0.05) is 182 Å². The molecule has 0 rings (SSSR count). The molecule has 0 heterocycles. The van der Waals surface area contributed by atoms with E-state index in [2.05, 4.69) is 27.7 Å². The number of hydrogen-bond acceptors (Lipinski definition) is 2. The van der Waals surface area contributed by atoms with Gasteiger partial charge < -0.3 is 19.4 Å². The van der Waals surface area contributed by atoms with Crippen molar-refractivity contribution in [1.29, 1.82) is 0 Å². The van der Waals surface area contributed by atoms with Gasteiger partial charge in [-0.25, -0.2) is 4.57 Å². The topological polar surface area (TPSA) is 87.0 Å². The Morgan fingerprint density at radius 2 is 0.605 bits per heavy atom. The van der Waals surface area contributed by atoms with E-state index in [4.69, 9.17) is 24.0 Å². The number of ether oxygens (including phenoxy) is 1. The molecule has 0 aromatic heterocycles. The Kier molecular flexibility index (Phi) is 45.5. The maximum absolute atomic E-state index is 8.88. The Hall–Kier alpha value is 1.71. The fourth-order valence-corrected chi connectivity index (χ4v) is 5.88. The third-order valence-electron chi connectivity index (χ3n) is 8.57. The van der Waals surface area contributed by atoms with Crippen LogP contribution in [0.15, 0.2) is 0 Å². The van der Waals surface area contributed by atoms with Crippen LogP contribution in [0, 0.1) is 11.8 Å². The molecule has 7 heteroatoms. The molecule has 0 fully saturated rings. The van der Waals surface area contributed by atoms with Crippen LogP contribution < -0.4 is 0 Å². The van der Waals surface area contributed by atoms with E-state index >= 15 is 0 Å². The minimum absolute atomic E-state index is 0. The summed E-state index contributed by atoms with van der Waals surface area (Å²) in [5.41, 5.74) is 0. The molecule has 0 spiro atoms. The minimum atomic E-state index is -4.64. The summed E-state index contributed by atoms with van der Waals surface area (Å²) in [4.78, 5) is 21.6. The molecule has 0 aliphatic rings. The molecule has 0 aliphatic carbocycles. The maximum atomic E-state index is 8.88. The van der Waals surface area contributed by atoms with E-state index in [0.717, 1.165) is 25.0 Å². The van der Waals surface area contributed by atoms with Crippen molar-refractivity contribution in [3.63, 3.8) is 0 Å². The number of rotatable bonds is 32. The van der Waals surface area contributed by atoms with Gasteiger partial charge in [0.25, 0.3) is 0 Å².